The number of fused-ring (bicyclic) bond motifs is 1. The van der Waals surface area contributed by atoms with Crippen LogP contribution in [-0.4, -0.2) is 28.5 Å². The van der Waals surface area contributed by atoms with Gasteiger partial charge in [-0.2, -0.15) is 5.10 Å². The van der Waals surface area contributed by atoms with Gasteiger partial charge in [-0.05, 0) is 37.6 Å². The minimum atomic E-state index is -0.308. The molecule has 0 bridgehead atoms. The normalized spacial score (nSPS) is 18.3. The van der Waals surface area contributed by atoms with Gasteiger partial charge in [0.1, 0.15) is 12.4 Å². The van der Waals surface area contributed by atoms with Crippen LogP contribution in [0.2, 0.25) is 0 Å². The van der Waals surface area contributed by atoms with Gasteiger partial charge in [-0.15, -0.1) is 11.8 Å². The van der Waals surface area contributed by atoms with E-state index >= 15 is 0 Å². The Bertz CT molecular complexity index is 1090. The first-order valence-electron chi connectivity index (χ1n) is 9.53. The van der Waals surface area contributed by atoms with E-state index in [4.69, 9.17) is 9.47 Å². The zero-order valence-corrected chi connectivity index (χ0v) is 17.7. The van der Waals surface area contributed by atoms with Crippen LogP contribution in [0.5, 0.6) is 11.5 Å². The van der Waals surface area contributed by atoms with Gasteiger partial charge >= 0.3 is 0 Å². The third-order valence-electron chi connectivity index (χ3n) is 5.04. The lowest BCUT2D eigenvalue weighted by Crippen LogP contribution is -2.21. The number of nitrogens with one attached hydrogen (secondary N) is 2. The van der Waals surface area contributed by atoms with E-state index in [1.165, 1.54) is 6.07 Å². The van der Waals surface area contributed by atoms with Crippen LogP contribution in [0.1, 0.15) is 34.6 Å². The van der Waals surface area contributed by atoms with Crippen LogP contribution >= 0.6 is 11.8 Å². The average molecular weight is 428 g/mol. The van der Waals surface area contributed by atoms with Crippen LogP contribution in [0.25, 0.3) is 0 Å². The van der Waals surface area contributed by atoms with E-state index in [0.717, 1.165) is 16.8 Å². The number of hydrogen-bond acceptors (Lipinski definition) is 5. The molecule has 6 nitrogen and oxygen atoms in total. The van der Waals surface area contributed by atoms with Crippen molar-refractivity contribution in [3.8, 4) is 11.5 Å². The summed E-state index contributed by atoms with van der Waals surface area (Å²) in [6.07, 6.45) is 0. The molecule has 0 unspecified atom stereocenters. The second-order valence-corrected chi connectivity index (χ2v) is 8.50. The molecule has 3 aromatic rings. The number of aromatic nitrogens is 2. The molecule has 0 aliphatic carbocycles. The number of benzene rings is 2. The molecule has 1 aromatic heterocycles. The van der Waals surface area contributed by atoms with Crippen molar-refractivity contribution in [3.63, 3.8) is 0 Å². The molecule has 1 aliphatic heterocycles. The summed E-state index contributed by atoms with van der Waals surface area (Å²) in [5.74, 6) is 1.24. The summed E-state index contributed by atoms with van der Waals surface area (Å²) in [6.45, 7) is 3.91. The number of amides is 1. The van der Waals surface area contributed by atoms with Crippen LogP contribution in [0, 0.1) is 12.7 Å². The highest BCUT2D eigenvalue weighted by molar-refractivity contribution is 8.01. The summed E-state index contributed by atoms with van der Waals surface area (Å²) < 4.78 is 25.2. The number of carbonyl (C=O) groups is 1. The molecule has 2 N–H and O–H groups in total. The number of anilines is 1. The standard InChI is InChI=1S/C22H22FN3O3S/c1-12-19-20(30-13(2)22(27)24-21(19)26-25-12)14-8-9-17(18(10-14)28-3)29-11-15-6-4-5-7-16(15)23/h4-10,13,20H,11H2,1-3H3,(H2,24,25,26,27)/t13-,20+/m0/s1. The second kappa shape index (κ2) is 8.39. The summed E-state index contributed by atoms with van der Waals surface area (Å²) in [6, 6.07) is 12.2. The van der Waals surface area contributed by atoms with Crippen LogP contribution < -0.4 is 14.8 Å². The zero-order chi connectivity index (χ0) is 21.3. The van der Waals surface area contributed by atoms with E-state index in [1.54, 1.807) is 37.1 Å². The summed E-state index contributed by atoms with van der Waals surface area (Å²) >= 11 is 1.55. The van der Waals surface area contributed by atoms with E-state index in [0.29, 0.717) is 22.9 Å². The Morgan fingerprint density at radius 3 is 2.77 bits per heavy atom. The maximum Gasteiger partial charge on any atom is 0.238 e. The molecule has 1 amide bonds. The molecular weight excluding hydrogens is 405 g/mol. The van der Waals surface area contributed by atoms with Gasteiger partial charge in [0, 0.05) is 16.8 Å². The average Bonchev–Trinajstić information content (AvgIpc) is 3.04. The third-order valence-corrected chi connectivity index (χ3v) is 6.44. The molecular formula is C22H22FN3O3S. The molecule has 2 heterocycles. The minimum Gasteiger partial charge on any atom is -0.493 e. The predicted molar refractivity (Wildman–Crippen MR) is 115 cm³/mol. The van der Waals surface area contributed by atoms with Gasteiger partial charge < -0.3 is 14.8 Å². The van der Waals surface area contributed by atoms with Gasteiger partial charge in [0.2, 0.25) is 5.91 Å². The van der Waals surface area contributed by atoms with Crippen molar-refractivity contribution in [2.45, 2.75) is 31.0 Å². The maximum atomic E-state index is 13.9. The first kappa shape index (κ1) is 20.3. The van der Waals surface area contributed by atoms with Gasteiger partial charge in [-0.1, -0.05) is 24.3 Å². The Hall–Kier alpha value is -3.00. The van der Waals surface area contributed by atoms with Gasteiger partial charge in [0.25, 0.3) is 0 Å². The quantitative estimate of drug-likeness (QED) is 0.622. The van der Waals surface area contributed by atoms with Crippen LogP contribution in [0.3, 0.4) is 0 Å². The molecule has 2 aromatic carbocycles. The molecule has 0 radical (unpaired) electrons. The molecule has 0 spiro atoms. The SMILES string of the molecule is COc1cc([C@H]2S[C@@H](C)C(=O)Nc3n[nH]c(C)c32)ccc1OCc1ccccc1F. The van der Waals surface area contributed by atoms with Crippen molar-refractivity contribution in [1.29, 1.82) is 0 Å². The van der Waals surface area contributed by atoms with Gasteiger partial charge in [0.05, 0.1) is 17.6 Å². The fourth-order valence-corrected chi connectivity index (χ4v) is 4.71. The number of ether oxygens (including phenoxy) is 2. The van der Waals surface area contributed by atoms with Crippen molar-refractivity contribution in [1.82, 2.24) is 10.2 Å². The lowest BCUT2D eigenvalue weighted by atomic mass is 10.0. The minimum absolute atomic E-state index is 0.0768. The maximum absolute atomic E-state index is 13.9. The van der Waals surface area contributed by atoms with Crippen LogP contribution in [0.4, 0.5) is 10.2 Å². The van der Waals surface area contributed by atoms with Crippen molar-refractivity contribution >= 4 is 23.5 Å². The number of nitrogens with zero attached hydrogens (tertiary/aromatic N) is 1. The molecule has 0 fully saturated rings. The monoisotopic (exact) mass is 427 g/mol. The highest BCUT2D eigenvalue weighted by Gasteiger charge is 2.32. The molecule has 2 atom stereocenters. The number of thioether (sulfide) groups is 1. The number of aryl methyl sites for hydroxylation is 1. The highest BCUT2D eigenvalue weighted by atomic mass is 32.2. The van der Waals surface area contributed by atoms with Gasteiger partial charge in [-0.25, -0.2) is 4.39 Å². The van der Waals surface area contributed by atoms with Crippen LogP contribution in [-0.2, 0) is 11.4 Å². The van der Waals surface area contributed by atoms with Crippen molar-refractivity contribution in [2.24, 2.45) is 0 Å². The largest absolute Gasteiger partial charge is 0.493 e. The Morgan fingerprint density at radius 2 is 2.00 bits per heavy atom. The number of hydrogen-bond donors (Lipinski definition) is 2. The number of halogens is 1. The number of rotatable bonds is 5. The fraction of sp³-hybridized carbons (Fsp3) is 0.273. The highest BCUT2D eigenvalue weighted by Crippen LogP contribution is 2.46. The van der Waals surface area contributed by atoms with E-state index in [9.17, 15) is 9.18 Å². The molecule has 30 heavy (non-hydrogen) atoms. The lowest BCUT2D eigenvalue weighted by molar-refractivity contribution is -0.115. The third kappa shape index (κ3) is 3.87. The Labute approximate surface area is 178 Å². The number of carbonyl (C=O) groups excluding carboxylic acids is 1. The van der Waals surface area contributed by atoms with E-state index < -0.39 is 0 Å². The predicted octanol–water partition coefficient (Wildman–Crippen LogP) is 4.61. The Balaban J connectivity index is 1.64. The van der Waals surface area contributed by atoms with Crippen molar-refractivity contribution in [2.75, 3.05) is 12.4 Å². The molecule has 1 aliphatic rings. The zero-order valence-electron chi connectivity index (χ0n) is 16.9. The molecule has 0 saturated carbocycles. The molecule has 156 valence electrons. The molecule has 4 rings (SSSR count). The first-order valence-corrected chi connectivity index (χ1v) is 10.5. The Morgan fingerprint density at radius 1 is 1.20 bits per heavy atom. The fourth-order valence-electron chi connectivity index (χ4n) is 3.39. The van der Waals surface area contributed by atoms with Crippen LogP contribution in [0.15, 0.2) is 42.5 Å². The number of methoxy groups -OCH3 is 1. The topological polar surface area (TPSA) is 76.2 Å². The summed E-state index contributed by atoms with van der Waals surface area (Å²) in [7, 11) is 1.57. The summed E-state index contributed by atoms with van der Waals surface area (Å²) in [5.41, 5.74) is 3.28. The van der Waals surface area contributed by atoms with Crippen molar-refractivity contribution in [3.05, 3.63) is 70.7 Å². The van der Waals surface area contributed by atoms with E-state index in [2.05, 4.69) is 15.5 Å². The van der Waals surface area contributed by atoms with Crippen molar-refractivity contribution < 1.29 is 18.7 Å². The van der Waals surface area contributed by atoms with Gasteiger partial charge in [0.15, 0.2) is 17.3 Å². The van der Waals surface area contributed by atoms with E-state index in [1.807, 2.05) is 32.0 Å². The molecule has 0 saturated heterocycles. The summed E-state index contributed by atoms with van der Waals surface area (Å²) in [5, 5.41) is 9.73. The lowest BCUT2D eigenvalue weighted by Gasteiger charge is -2.19. The van der Waals surface area contributed by atoms with Gasteiger partial charge in [-0.3, -0.25) is 9.89 Å². The second-order valence-electron chi connectivity index (χ2n) is 7.05. The summed E-state index contributed by atoms with van der Waals surface area (Å²) in [4.78, 5) is 12.3. The number of H-pyrrole nitrogens is 1. The van der Waals surface area contributed by atoms with E-state index in [-0.39, 0.29) is 28.8 Å². The Kier molecular flexibility index (Phi) is 5.67. The first-order chi connectivity index (χ1) is 14.5. The molecule has 8 heteroatoms. The number of aromatic amines is 1. The smallest absolute Gasteiger partial charge is 0.238 e.